The monoisotopic (exact) mass is 391 g/mol. The van der Waals surface area contributed by atoms with E-state index in [1.54, 1.807) is 0 Å². The summed E-state index contributed by atoms with van der Waals surface area (Å²) in [4.78, 5) is 22.3. The van der Waals surface area contributed by atoms with Crippen LogP contribution in [0, 0.1) is 15.9 Å². The number of nitrogens with zero attached hydrogens (tertiary/aromatic N) is 3. The fourth-order valence-electron chi connectivity index (χ4n) is 2.20. The second kappa shape index (κ2) is 7.50. The molecule has 0 amide bonds. The molecule has 10 heteroatoms. The Morgan fingerprint density at radius 2 is 1.96 bits per heavy atom. The number of benzene rings is 2. The second-order valence-electron chi connectivity index (χ2n) is 5.39. The second-order valence-corrected chi connectivity index (χ2v) is 5.80. The van der Waals surface area contributed by atoms with Crippen LogP contribution in [0.4, 0.5) is 10.1 Å². The van der Waals surface area contributed by atoms with Gasteiger partial charge in [0.1, 0.15) is 11.4 Å². The third-order valence-corrected chi connectivity index (χ3v) is 3.88. The van der Waals surface area contributed by atoms with E-state index in [1.165, 1.54) is 43.3 Å². The Morgan fingerprint density at radius 3 is 2.59 bits per heavy atom. The predicted molar refractivity (Wildman–Crippen MR) is 91.6 cm³/mol. The summed E-state index contributed by atoms with van der Waals surface area (Å²) in [5.74, 6) is -1.71. The molecule has 3 aromatic rings. The molecule has 0 unspecified atom stereocenters. The van der Waals surface area contributed by atoms with Crippen molar-refractivity contribution in [3.05, 3.63) is 74.9 Å². The number of non-ortho nitro benzene ring substituents is 1. The molecule has 1 heterocycles. The van der Waals surface area contributed by atoms with E-state index in [9.17, 15) is 19.3 Å². The van der Waals surface area contributed by atoms with Gasteiger partial charge in [-0.25, -0.2) is 9.18 Å². The Labute approximate surface area is 156 Å². The van der Waals surface area contributed by atoms with Crippen LogP contribution in [0.15, 0.2) is 46.9 Å². The van der Waals surface area contributed by atoms with E-state index in [0.29, 0.717) is 5.56 Å². The molecule has 1 aromatic heterocycles. The van der Waals surface area contributed by atoms with Gasteiger partial charge in [0.15, 0.2) is 6.10 Å². The molecule has 0 spiro atoms. The maximum absolute atomic E-state index is 13.8. The molecule has 0 radical (unpaired) electrons. The number of rotatable bonds is 5. The molecule has 27 heavy (non-hydrogen) atoms. The Hall–Kier alpha value is -3.33. The highest BCUT2D eigenvalue weighted by molar-refractivity contribution is 6.33. The van der Waals surface area contributed by atoms with Gasteiger partial charge in [0.05, 0.1) is 9.95 Å². The van der Waals surface area contributed by atoms with E-state index < -0.39 is 22.8 Å². The Bertz CT molecular complexity index is 986. The fraction of sp³-hybridized carbons (Fsp3) is 0.118. The number of nitro benzene ring substituents is 1. The zero-order valence-corrected chi connectivity index (χ0v) is 14.5. The molecule has 0 aliphatic heterocycles. The van der Waals surface area contributed by atoms with Gasteiger partial charge in [-0.3, -0.25) is 10.1 Å². The molecule has 3 rings (SSSR count). The van der Waals surface area contributed by atoms with Crippen LogP contribution in [-0.4, -0.2) is 21.1 Å². The molecular weight excluding hydrogens is 381 g/mol. The highest BCUT2D eigenvalue weighted by Gasteiger charge is 2.23. The van der Waals surface area contributed by atoms with Gasteiger partial charge in [0.25, 0.3) is 11.6 Å². The van der Waals surface area contributed by atoms with Crippen molar-refractivity contribution < 1.29 is 23.3 Å². The van der Waals surface area contributed by atoms with Crippen LogP contribution >= 0.6 is 11.6 Å². The molecule has 2 aromatic carbocycles. The summed E-state index contributed by atoms with van der Waals surface area (Å²) >= 11 is 5.83. The third-order valence-electron chi connectivity index (χ3n) is 3.56. The topological polar surface area (TPSA) is 108 Å². The first kappa shape index (κ1) is 18.5. The van der Waals surface area contributed by atoms with Gasteiger partial charge >= 0.3 is 5.97 Å². The van der Waals surface area contributed by atoms with Gasteiger partial charge in [-0.05, 0) is 31.2 Å². The molecule has 0 fully saturated rings. The quantitative estimate of drug-likeness (QED) is 0.361. The van der Waals surface area contributed by atoms with Crippen LogP contribution in [0.25, 0.3) is 11.5 Å². The van der Waals surface area contributed by atoms with E-state index in [1.807, 2.05) is 0 Å². The molecule has 0 aliphatic carbocycles. The summed E-state index contributed by atoms with van der Waals surface area (Å²) in [6, 6.07) is 9.31. The van der Waals surface area contributed by atoms with Gasteiger partial charge in [-0.2, -0.15) is 0 Å². The molecule has 138 valence electrons. The molecular formula is C17H11ClFN3O5. The number of carbonyl (C=O) groups is 1. The summed E-state index contributed by atoms with van der Waals surface area (Å²) < 4.78 is 24.4. The number of carbonyl (C=O) groups excluding carboxylic acids is 1. The van der Waals surface area contributed by atoms with Crippen molar-refractivity contribution in [2.24, 2.45) is 0 Å². The van der Waals surface area contributed by atoms with Crippen molar-refractivity contribution in [1.29, 1.82) is 0 Å². The normalized spacial score (nSPS) is 11.8. The van der Waals surface area contributed by atoms with Crippen LogP contribution in [0.5, 0.6) is 0 Å². The van der Waals surface area contributed by atoms with Crippen molar-refractivity contribution in [3.63, 3.8) is 0 Å². The fourth-order valence-corrected chi connectivity index (χ4v) is 2.44. The lowest BCUT2D eigenvalue weighted by Gasteiger charge is -2.10. The van der Waals surface area contributed by atoms with Crippen LogP contribution in [-0.2, 0) is 4.74 Å². The first-order valence-corrected chi connectivity index (χ1v) is 7.98. The first-order valence-electron chi connectivity index (χ1n) is 7.60. The lowest BCUT2D eigenvalue weighted by molar-refractivity contribution is -0.384. The number of hydrogen-bond donors (Lipinski definition) is 0. The predicted octanol–water partition coefficient (Wildman–Crippen LogP) is 4.36. The molecule has 8 nitrogen and oxygen atoms in total. The molecule has 0 aliphatic rings. The minimum atomic E-state index is -0.972. The van der Waals surface area contributed by atoms with E-state index in [4.69, 9.17) is 20.8 Å². The average molecular weight is 392 g/mol. The number of halogens is 2. The van der Waals surface area contributed by atoms with Crippen LogP contribution in [0.2, 0.25) is 5.02 Å². The smallest absolute Gasteiger partial charge is 0.343 e. The number of esters is 1. The summed E-state index contributed by atoms with van der Waals surface area (Å²) in [6.07, 6.45) is -0.965. The van der Waals surface area contributed by atoms with Crippen molar-refractivity contribution in [1.82, 2.24) is 10.2 Å². The van der Waals surface area contributed by atoms with E-state index in [0.717, 1.165) is 6.07 Å². The summed E-state index contributed by atoms with van der Waals surface area (Å²) in [6.45, 7) is 1.47. The lowest BCUT2D eigenvalue weighted by atomic mass is 10.2. The SMILES string of the molecule is C[C@H](OC(=O)c1c(F)cccc1Cl)c1nnc(-c2ccc([N+](=O)[O-])cc2)o1. The molecule has 0 saturated carbocycles. The maximum atomic E-state index is 13.8. The largest absolute Gasteiger partial charge is 0.449 e. The summed E-state index contributed by atoms with van der Waals surface area (Å²) in [5.41, 5.74) is -0.0151. The number of ether oxygens (including phenoxy) is 1. The molecule has 0 N–H and O–H groups in total. The van der Waals surface area contributed by atoms with Crippen LogP contribution in [0.1, 0.15) is 29.3 Å². The maximum Gasteiger partial charge on any atom is 0.343 e. The number of aromatic nitrogens is 2. The van der Waals surface area contributed by atoms with Crippen molar-refractivity contribution >= 4 is 23.3 Å². The van der Waals surface area contributed by atoms with E-state index >= 15 is 0 Å². The standard InChI is InChI=1S/C17H11ClFN3O5/c1-9(26-17(23)14-12(18)3-2-4-13(14)19)15-20-21-16(27-15)10-5-7-11(8-6-10)22(24)25/h2-9H,1H3/t9-/m0/s1. The minimum absolute atomic E-state index is 0.0239. The third kappa shape index (κ3) is 3.93. The van der Waals surface area contributed by atoms with Crippen molar-refractivity contribution in [2.45, 2.75) is 13.0 Å². The first-order chi connectivity index (χ1) is 12.9. The zero-order valence-electron chi connectivity index (χ0n) is 13.8. The average Bonchev–Trinajstić information content (AvgIpc) is 3.12. The van der Waals surface area contributed by atoms with Gasteiger partial charge < -0.3 is 9.15 Å². The van der Waals surface area contributed by atoms with Crippen molar-refractivity contribution in [2.75, 3.05) is 0 Å². The van der Waals surface area contributed by atoms with Gasteiger partial charge in [0.2, 0.25) is 5.89 Å². The Morgan fingerprint density at radius 1 is 1.26 bits per heavy atom. The highest BCUT2D eigenvalue weighted by atomic mass is 35.5. The summed E-state index contributed by atoms with van der Waals surface area (Å²) in [7, 11) is 0. The van der Waals surface area contributed by atoms with Crippen LogP contribution in [0.3, 0.4) is 0 Å². The minimum Gasteiger partial charge on any atom is -0.449 e. The van der Waals surface area contributed by atoms with E-state index in [-0.39, 0.29) is 28.1 Å². The van der Waals surface area contributed by atoms with Gasteiger partial charge in [0, 0.05) is 17.7 Å². The Balaban J connectivity index is 1.76. The van der Waals surface area contributed by atoms with Crippen LogP contribution < -0.4 is 0 Å². The van der Waals surface area contributed by atoms with Gasteiger partial charge in [-0.1, -0.05) is 17.7 Å². The Kier molecular flexibility index (Phi) is 5.13. The van der Waals surface area contributed by atoms with Gasteiger partial charge in [-0.15, -0.1) is 10.2 Å². The highest BCUT2D eigenvalue weighted by Crippen LogP contribution is 2.26. The van der Waals surface area contributed by atoms with E-state index in [2.05, 4.69) is 10.2 Å². The summed E-state index contributed by atoms with van der Waals surface area (Å²) in [5, 5.41) is 18.2. The molecule has 0 saturated heterocycles. The molecule has 0 bridgehead atoms. The number of nitro groups is 1. The number of hydrogen-bond acceptors (Lipinski definition) is 7. The molecule has 1 atom stereocenters. The zero-order chi connectivity index (χ0) is 19.6. The lowest BCUT2D eigenvalue weighted by Crippen LogP contribution is -2.12. The van der Waals surface area contributed by atoms with Crippen molar-refractivity contribution in [3.8, 4) is 11.5 Å².